The number of carbonyl (C=O) groups excluding carboxylic acids is 1. The number of nitrogens with zero attached hydrogens (tertiary/aromatic N) is 6. The first-order chi connectivity index (χ1) is 16.3. The summed E-state index contributed by atoms with van der Waals surface area (Å²) in [5.41, 5.74) is 10.8. The third-order valence-corrected chi connectivity index (χ3v) is 5.73. The van der Waals surface area contributed by atoms with Crippen molar-refractivity contribution in [2.45, 2.75) is 6.92 Å². The van der Waals surface area contributed by atoms with Crippen molar-refractivity contribution >= 4 is 40.0 Å². The number of rotatable bonds is 6. The van der Waals surface area contributed by atoms with Gasteiger partial charge in [-0.1, -0.05) is 35.9 Å². The Balaban J connectivity index is 1.81. The molecule has 2 heterocycles. The van der Waals surface area contributed by atoms with E-state index in [4.69, 9.17) is 22.4 Å². The van der Waals surface area contributed by atoms with Crippen LogP contribution in [0.1, 0.15) is 5.56 Å². The Bertz CT molecular complexity index is 1380. The molecule has 174 valence electrons. The molecule has 0 fully saturated rings. The van der Waals surface area contributed by atoms with Gasteiger partial charge in [0.25, 0.3) is 0 Å². The zero-order valence-corrected chi connectivity index (χ0v) is 20.3. The maximum atomic E-state index is 12.7. The van der Waals surface area contributed by atoms with E-state index < -0.39 is 0 Å². The number of nitrogen functional groups attached to an aromatic ring is 1. The number of halogens is 1. The van der Waals surface area contributed by atoms with E-state index in [1.807, 2.05) is 62.3 Å². The van der Waals surface area contributed by atoms with Crippen molar-refractivity contribution in [2.75, 3.05) is 38.3 Å². The molecule has 2 aromatic carbocycles. The quantitative estimate of drug-likeness (QED) is 0.422. The number of aromatic nitrogens is 4. The van der Waals surface area contributed by atoms with Gasteiger partial charge in [-0.15, -0.1) is 0 Å². The second kappa shape index (κ2) is 9.62. The van der Waals surface area contributed by atoms with Crippen LogP contribution in [0.5, 0.6) is 0 Å². The Labute approximate surface area is 203 Å². The van der Waals surface area contributed by atoms with E-state index >= 15 is 0 Å². The number of anilines is 2. The number of hydrogen-bond acceptors (Lipinski definition) is 6. The molecular weight excluding hydrogens is 450 g/mol. The van der Waals surface area contributed by atoms with E-state index in [0.29, 0.717) is 34.1 Å². The van der Waals surface area contributed by atoms with Gasteiger partial charge < -0.3 is 15.5 Å². The highest BCUT2D eigenvalue weighted by molar-refractivity contribution is 6.30. The predicted octanol–water partition coefficient (Wildman–Crippen LogP) is 4.11. The smallest absolute Gasteiger partial charge is 0.250 e. The topological polar surface area (TPSA) is 93.2 Å². The van der Waals surface area contributed by atoms with Gasteiger partial charge in [-0.05, 0) is 50.8 Å². The van der Waals surface area contributed by atoms with Gasteiger partial charge in [0.2, 0.25) is 5.91 Å². The molecule has 2 aromatic heterocycles. The fourth-order valence-electron chi connectivity index (χ4n) is 3.59. The van der Waals surface area contributed by atoms with Crippen molar-refractivity contribution in [3.05, 3.63) is 71.5 Å². The molecule has 0 radical (unpaired) electrons. The number of aryl methyl sites for hydroxylation is 1. The molecule has 9 heteroatoms. The van der Waals surface area contributed by atoms with E-state index in [1.54, 1.807) is 34.8 Å². The van der Waals surface area contributed by atoms with E-state index in [-0.39, 0.29) is 5.91 Å². The standard InChI is InChI=1S/C25H26ClN7O/c1-16-7-12-19(32(4)21(34)6-5-13-31(2)3)14-20(16)33-25-22(24(27)28-15-29-25)23(30-33)17-8-10-18(26)11-9-17/h5-12,14-15H,13H2,1-4H3,(H2,27,28,29). The third-order valence-electron chi connectivity index (χ3n) is 5.48. The number of amides is 1. The van der Waals surface area contributed by atoms with Gasteiger partial charge in [-0.25, -0.2) is 14.6 Å². The molecule has 2 N–H and O–H groups in total. The van der Waals surface area contributed by atoms with Crippen LogP contribution in [-0.2, 0) is 4.79 Å². The predicted molar refractivity (Wildman–Crippen MR) is 137 cm³/mol. The van der Waals surface area contributed by atoms with Crippen molar-refractivity contribution < 1.29 is 4.79 Å². The van der Waals surface area contributed by atoms with E-state index in [9.17, 15) is 4.79 Å². The van der Waals surface area contributed by atoms with Gasteiger partial charge in [0.15, 0.2) is 5.65 Å². The lowest BCUT2D eigenvalue weighted by Gasteiger charge is -2.18. The van der Waals surface area contributed by atoms with Crippen LogP contribution in [0.15, 0.2) is 60.9 Å². The molecule has 8 nitrogen and oxygen atoms in total. The van der Waals surface area contributed by atoms with Crippen molar-refractivity contribution in [3.8, 4) is 16.9 Å². The Morgan fingerprint density at radius 2 is 1.85 bits per heavy atom. The van der Waals surface area contributed by atoms with Gasteiger partial charge in [-0.2, -0.15) is 5.10 Å². The van der Waals surface area contributed by atoms with Gasteiger partial charge >= 0.3 is 0 Å². The van der Waals surface area contributed by atoms with E-state index in [2.05, 4.69) is 9.97 Å². The Morgan fingerprint density at radius 3 is 2.56 bits per heavy atom. The first-order valence-electron chi connectivity index (χ1n) is 10.7. The number of hydrogen-bond donors (Lipinski definition) is 1. The number of likely N-dealkylation sites (N-methyl/N-ethyl adjacent to an activating group) is 2. The number of benzene rings is 2. The Morgan fingerprint density at radius 1 is 1.12 bits per heavy atom. The molecule has 4 rings (SSSR count). The van der Waals surface area contributed by atoms with Crippen LogP contribution >= 0.6 is 11.6 Å². The lowest BCUT2D eigenvalue weighted by Crippen LogP contribution is -2.24. The van der Waals surface area contributed by atoms with E-state index in [1.165, 1.54) is 6.33 Å². The zero-order chi connectivity index (χ0) is 24.4. The summed E-state index contributed by atoms with van der Waals surface area (Å²) in [6.07, 6.45) is 4.84. The summed E-state index contributed by atoms with van der Waals surface area (Å²) in [7, 11) is 5.65. The Hall–Kier alpha value is -3.75. The van der Waals surface area contributed by atoms with Crippen LogP contribution in [0.3, 0.4) is 0 Å². The minimum atomic E-state index is -0.115. The van der Waals surface area contributed by atoms with Crippen LogP contribution < -0.4 is 10.6 Å². The van der Waals surface area contributed by atoms with E-state index in [0.717, 1.165) is 22.5 Å². The first kappa shape index (κ1) is 23.4. The average Bonchev–Trinajstić information content (AvgIpc) is 3.20. The molecule has 0 unspecified atom stereocenters. The highest BCUT2D eigenvalue weighted by Gasteiger charge is 2.20. The monoisotopic (exact) mass is 475 g/mol. The average molecular weight is 476 g/mol. The maximum absolute atomic E-state index is 12.7. The minimum absolute atomic E-state index is 0.115. The van der Waals surface area contributed by atoms with Gasteiger partial charge in [0.05, 0.1) is 11.1 Å². The SMILES string of the molecule is Cc1ccc(N(C)C(=O)C=CCN(C)C)cc1-n1nc(-c2ccc(Cl)cc2)c2c(N)ncnc21. The Kier molecular flexibility index (Phi) is 6.63. The fourth-order valence-corrected chi connectivity index (χ4v) is 3.72. The van der Waals surface area contributed by atoms with Gasteiger partial charge in [0.1, 0.15) is 17.8 Å². The number of carbonyl (C=O) groups is 1. The summed E-state index contributed by atoms with van der Waals surface area (Å²) in [5, 5.41) is 6.15. The lowest BCUT2D eigenvalue weighted by molar-refractivity contribution is -0.113. The fraction of sp³-hybridized carbons (Fsp3) is 0.200. The van der Waals surface area contributed by atoms with Crippen LogP contribution in [-0.4, -0.2) is 58.2 Å². The summed E-state index contributed by atoms with van der Waals surface area (Å²) in [6.45, 7) is 2.67. The van der Waals surface area contributed by atoms with Crippen molar-refractivity contribution in [1.29, 1.82) is 0 Å². The van der Waals surface area contributed by atoms with Crippen molar-refractivity contribution in [1.82, 2.24) is 24.6 Å². The molecule has 0 spiro atoms. The number of fused-ring (bicyclic) bond motifs is 1. The minimum Gasteiger partial charge on any atom is -0.383 e. The van der Waals surface area contributed by atoms with Gasteiger partial charge in [-0.3, -0.25) is 4.79 Å². The maximum Gasteiger partial charge on any atom is 0.250 e. The molecule has 1 amide bonds. The van der Waals surface area contributed by atoms with Crippen LogP contribution in [0.2, 0.25) is 5.02 Å². The molecule has 0 aliphatic rings. The van der Waals surface area contributed by atoms with Crippen LogP contribution in [0, 0.1) is 6.92 Å². The van der Waals surface area contributed by atoms with Crippen molar-refractivity contribution in [3.63, 3.8) is 0 Å². The third kappa shape index (κ3) is 4.64. The highest BCUT2D eigenvalue weighted by Crippen LogP contribution is 2.33. The molecule has 34 heavy (non-hydrogen) atoms. The molecule has 0 aliphatic carbocycles. The summed E-state index contributed by atoms with van der Waals surface area (Å²) in [4.78, 5) is 24.9. The second-order valence-electron chi connectivity index (χ2n) is 8.26. The summed E-state index contributed by atoms with van der Waals surface area (Å²) >= 11 is 6.08. The summed E-state index contributed by atoms with van der Waals surface area (Å²) in [5.74, 6) is 0.226. The molecule has 0 atom stereocenters. The molecule has 0 bridgehead atoms. The summed E-state index contributed by atoms with van der Waals surface area (Å²) < 4.78 is 1.75. The second-order valence-corrected chi connectivity index (χ2v) is 8.69. The normalized spacial score (nSPS) is 11.6. The first-order valence-corrected chi connectivity index (χ1v) is 11.1. The molecule has 4 aromatic rings. The van der Waals surface area contributed by atoms with Crippen LogP contribution in [0.4, 0.5) is 11.5 Å². The summed E-state index contributed by atoms with van der Waals surface area (Å²) in [6, 6.07) is 13.2. The highest BCUT2D eigenvalue weighted by atomic mass is 35.5. The zero-order valence-electron chi connectivity index (χ0n) is 19.5. The van der Waals surface area contributed by atoms with Crippen LogP contribution in [0.25, 0.3) is 28.0 Å². The van der Waals surface area contributed by atoms with Crippen molar-refractivity contribution in [2.24, 2.45) is 0 Å². The number of nitrogens with two attached hydrogens (primary N) is 1. The molecule has 0 saturated heterocycles. The molecule has 0 saturated carbocycles. The lowest BCUT2D eigenvalue weighted by atomic mass is 10.1. The molecular formula is C25H26ClN7O. The molecule has 0 aliphatic heterocycles. The largest absolute Gasteiger partial charge is 0.383 e. The van der Waals surface area contributed by atoms with Gasteiger partial charge in [0, 0.05) is 35.9 Å².